The number of halogens is 2. The molecule has 0 aromatic carbocycles. The molecule has 3 aliphatic rings. The van der Waals surface area contributed by atoms with Gasteiger partial charge >= 0.3 is 0 Å². The molecule has 4 N–H and O–H groups in total. The fraction of sp³-hybridized carbons (Fsp3) is 0.455. The van der Waals surface area contributed by atoms with Crippen LogP contribution in [0.4, 0.5) is 0 Å². The third kappa shape index (κ3) is 1.26. The molecular weight excluding hydrogens is 378 g/mol. The van der Waals surface area contributed by atoms with Crippen LogP contribution in [0.5, 0.6) is 0 Å². The van der Waals surface area contributed by atoms with Crippen molar-refractivity contribution in [1.82, 2.24) is 15.2 Å². The minimum Gasteiger partial charge on any atom is -0.370 e. The van der Waals surface area contributed by atoms with Gasteiger partial charge in [-0.1, -0.05) is 0 Å². The molecule has 1 amide bonds. The third-order valence-electron chi connectivity index (χ3n) is 4.15. The number of carbonyl (C=O) groups is 1. The van der Waals surface area contributed by atoms with Gasteiger partial charge in [0.2, 0.25) is 0 Å². The molecule has 1 aromatic heterocycles. The number of nitrogens with one attached hydrogen (secondary N) is 2. The number of nitrogens with zero attached hydrogens (tertiary/aromatic N) is 2. The van der Waals surface area contributed by atoms with Crippen LogP contribution in [-0.4, -0.2) is 34.0 Å². The second-order valence-electron chi connectivity index (χ2n) is 5.07. The average Bonchev–Trinajstić information content (AvgIpc) is 2.99. The molecule has 0 saturated carbocycles. The predicted octanol–water partition coefficient (Wildman–Crippen LogP) is 1.44. The van der Waals surface area contributed by atoms with E-state index >= 15 is 0 Å². The van der Waals surface area contributed by atoms with Gasteiger partial charge in [0.25, 0.3) is 5.91 Å². The van der Waals surface area contributed by atoms with Crippen LogP contribution in [0, 0.1) is 0 Å². The van der Waals surface area contributed by atoms with Gasteiger partial charge in [0.15, 0.2) is 5.96 Å². The van der Waals surface area contributed by atoms with Crippen molar-refractivity contribution in [1.29, 1.82) is 0 Å². The van der Waals surface area contributed by atoms with E-state index in [-0.39, 0.29) is 11.9 Å². The summed E-state index contributed by atoms with van der Waals surface area (Å²) >= 11 is 6.95. The number of aliphatic imine (C=N–C) groups is 1. The molecule has 4 rings (SSSR count). The Labute approximate surface area is 126 Å². The van der Waals surface area contributed by atoms with E-state index in [0.717, 1.165) is 34.0 Å². The van der Waals surface area contributed by atoms with Crippen molar-refractivity contribution < 1.29 is 4.79 Å². The summed E-state index contributed by atoms with van der Waals surface area (Å²) in [5.41, 5.74) is 6.88. The van der Waals surface area contributed by atoms with Crippen molar-refractivity contribution >= 4 is 43.7 Å². The number of carbonyl (C=O) groups excluding carboxylic acids is 1. The number of aromatic amines is 1. The van der Waals surface area contributed by atoms with Crippen molar-refractivity contribution in [2.75, 3.05) is 6.54 Å². The second kappa shape index (κ2) is 3.54. The number of hydrogen-bond acceptors (Lipinski definition) is 4. The fourth-order valence-electron chi connectivity index (χ4n) is 3.43. The summed E-state index contributed by atoms with van der Waals surface area (Å²) in [4.78, 5) is 22.1. The Balaban J connectivity index is 2.01. The minimum absolute atomic E-state index is 0.00699. The normalized spacial score (nSPS) is 31.7. The molecule has 100 valence electrons. The first kappa shape index (κ1) is 11.8. The first-order valence-corrected chi connectivity index (χ1v) is 7.63. The average molecular weight is 389 g/mol. The zero-order valence-corrected chi connectivity index (χ0v) is 13.0. The molecule has 0 radical (unpaired) electrons. The summed E-state index contributed by atoms with van der Waals surface area (Å²) in [5, 5.41) is 3.22. The smallest absolute Gasteiger partial charge is 0.272 e. The second-order valence-corrected chi connectivity index (χ2v) is 6.65. The number of hydrogen-bond donors (Lipinski definition) is 3. The Morgan fingerprint density at radius 1 is 1.47 bits per heavy atom. The highest BCUT2D eigenvalue weighted by molar-refractivity contribution is 9.13. The highest BCUT2D eigenvalue weighted by atomic mass is 79.9. The zero-order chi connectivity index (χ0) is 13.4. The Morgan fingerprint density at radius 2 is 2.26 bits per heavy atom. The van der Waals surface area contributed by atoms with Gasteiger partial charge in [-0.2, -0.15) is 0 Å². The molecule has 0 bridgehead atoms. The number of guanidine groups is 1. The van der Waals surface area contributed by atoms with Crippen LogP contribution in [0.3, 0.4) is 0 Å². The van der Waals surface area contributed by atoms with Crippen LogP contribution in [0.1, 0.15) is 34.9 Å². The number of nitrogens with two attached hydrogens (primary N) is 1. The van der Waals surface area contributed by atoms with E-state index in [2.05, 4.69) is 47.2 Å². The molecule has 1 saturated heterocycles. The topological polar surface area (TPSA) is 86.5 Å². The largest absolute Gasteiger partial charge is 0.370 e. The van der Waals surface area contributed by atoms with E-state index in [1.807, 2.05) is 4.90 Å². The zero-order valence-electron chi connectivity index (χ0n) is 9.83. The summed E-state index contributed by atoms with van der Waals surface area (Å²) in [5.74, 6) is 0.411. The summed E-state index contributed by atoms with van der Waals surface area (Å²) in [6.45, 7) is 0.735. The van der Waals surface area contributed by atoms with E-state index in [1.54, 1.807) is 0 Å². The first-order chi connectivity index (χ1) is 9.04. The summed E-state index contributed by atoms with van der Waals surface area (Å²) in [7, 11) is 0. The van der Waals surface area contributed by atoms with Crippen LogP contribution in [0.15, 0.2) is 14.1 Å². The van der Waals surface area contributed by atoms with Crippen LogP contribution in [0.2, 0.25) is 0 Å². The molecule has 0 aliphatic carbocycles. The summed E-state index contributed by atoms with van der Waals surface area (Å²) in [6.07, 6.45) is 1.82. The van der Waals surface area contributed by atoms with Crippen LogP contribution in [0.25, 0.3) is 0 Å². The van der Waals surface area contributed by atoms with E-state index < -0.39 is 5.66 Å². The first-order valence-electron chi connectivity index (χ1n) is 6.05. The lowest BCUT2D eigenvalue weighted by Crippen LogP contribution is -2.61. The molecule has 19 heavy (non-hydrogen) atoms. The Kier molecular flexibility index (Phi) is 2.20. The summed E-state index contributed by atoms with van der Waals surface area (Å²) in [6, 6.07) is -0.153. The van der Waals surface area contributed by atoms with Crippen molar-refractivity contribution in [3.05, 3.63) is 20.3 Å². The highest BCUT2D eigenvalue weighted by Crippen LogP contribution is 2.51. The number of fused-ring (bicyclic) bond motifs is 2. The predicted molar refractivity (Wildman–Crippen MR) is 76.7 cm³/mol. The Morgan fingerprint density at radius 3 is 3.05 bits per heavy atom. The monoisotopic (exact) mass is 387 g/mol. The molecule has 1 spiro atoms. The van der Waals surface area contributed by atoms with E-state index in [9.17, 15) is 4.79 Å². The van der Waals surface area contributed by atoms with Gasteiger partial charge in [0, 0.05) is 12.1 Å². The maximum absolute atomic E-state index is 12.6. The van der Waals surface area contributed by atoms with Crippen molar-refractivity contribution in [2.24, 2.45) is 10.7 Å². The maximum atomic E-state index is 12.6. The van der Waals surface area contributed by atoms with Gasteiger partial charge in [0.05, 0.1) is 9.08 Å². The maximum Gasteiger partial charge on any atom is 0.272 e. The molecule has 1 aromatic rings. The lowest BCUT2D eigenvalue weighted by Gasteiger charge is -2.42. The van der Waals surface area contributed by atoms with Crippen molar-refractivity contribution in [3.63, 3.8) is 0 Å². The highest BCUT2D eigenvalue weighted by Gasteiger charge is 2.58. The van der Waals surface area contributed by atoms with Gasteiger partial charge in [-0.25, -0.2) is 4.99 Å². The van der Waals surface area contributed by atoms with Crippen molar-refractivity contribution in [3.8, 4) is 0 Å². The minimum atomic E-state index is -0.474. The van der Waals surface area contributed by atoms with Gasteiger partial charge < -0.3 is 20.9 Å². The third-order valence-corrected chi connectivity index (χ3v) is 6.10. The standard InChI is InChI=1S/C11H11Br2N5O/c12-5-4-6(15-8(5)13)9(19)18-3-1-2-11(18)7(4)16-10(14)17-11/h7,15H,1-3H2,(H3,14,16,17)/t7-,11-/m1/s1. The summed E-state index contributed by atoms with van der Waals surface area (Å²) < 4.78 is 1.62. The quantitative estimate of drug-likeness (QED) is 0.628. The lowest BCUT2D eigenvalue weighted by molar-refractivity contribution is 0.0464. The fourth-order valence-corrected chi connectivity index (χ4v) is 4.36. The van der Waals surface area contributed by atoms with E-state index in [4.69, 9.17) is 5.73 Å². The molecule has 1 fully saturated rings. The number of H-pyrrole nitrogens is 1. The molecule has 8 heteroatoms. The van der Waals surface area contributed by atoms with E-state index in [1.165, 1.54) is 0 Å². The van der Waals surface area contributed by atoms with E-state index in [0.29, 0.717) is 11.7 Å². The molecule has 4 heterocycles. The molecule has 2 atom stereocenters. The number of aromatic nitrogens is 1. The molecule has 3 aliphatic heterocycles. The number of rotatable bonds is 0. The number of amides is 1. The SMILES string of the molecule is NC1=N[C@@H]2c3c([nH]c(Br)c3Br)C(=O)N3CCC[C@]23N1. The molecule has 0 unspecified atom stereocenters. The van der Waals surface area contributed by atoms with Gasteiger partial charge in [-0.3, -0.25) is 4.79 Å². The lowest BCUT2D eigenvalue weighted by atomic mass is 9.88. The van der Waals surface area contributed by atoms with Gasteiger partial charge in [-0.15, -0.1) is 0 Å². The van der Waals surface area contributed by atoms with Crippen LogP contribution >= 0.6 is 31.9 Å². The molecule has 6 nitrogen and oxygen atoms in total. The van der Waals surface area contributed by atoms with Gasteiger partial charge in [0.1, 0.15) is 17.4 Å². The Hall–Kier alpha value is -1.02. The van der Waals surface area contributed by atoms with Crippen LogP contribution in [-0.2, 0) is 0 Å². The Bertz CT molecular complexity index is 639. The molecular formula is C11H11Br2N5O. The van der Waals surface area contributed by atoms with Crippen molar-refractivity contribution in [2.45, 2.75) is 24.5 Å². The van der Waals surface area contributed by atoms with Crippen LogP contribution < -0.4 is 11.1 Å². The van der Waals surface area contributed by atoms with Gasteiger partial charge in [-0.05, 0) is 44.7 Å².